The number of fused-ring (bicyclic) bond motifs is 1. The molecule has 4 rings (SSSR count). The average molecular weight is 450 g/mol. The highest BCUT2D eigenvalue weighted by atomic mass is 79.9. The zero-order valence-corrected chi connectivity index (χ0v) is 16.7. The van der Waals surface area contributed by atoms with Crippen molar-refractivity contribution in [3.8, 4) is 10.6 Å². The molecule has 7 nitrogen and oxygen atoms in total. The molecule has 3 heterocycles. The summed E-state index contributed by atoms with van der Waals surface area (Å²) in [6.07, 6.45) is 0. The second-order valence-electron chi connectivity index (χ2n) is 6.00. The summed E-state index contributed by atoms with van der Waals surface area (Å²) < 4.78 is 17.7. The van der Waals surface area contributed by atoms with Crippen molar-refractivity contribution >= 4 is 38.4 Å². The number of rotatable bonds is 3. The molecule has 27 heavy (non-hydrogen) atoms. The third-order valence-corrected chi connectivity index (χ3v) is 5.80. The molecule has 0 aliphatic carbocycles. The number of thiazole rings is 1. The fraction of sp³-hybridized carbons (Fsp3) is 0.176. The lowest BCUT2D eigenvalue weighted by Crippen LogP contribution is -2.37. The van der Waals surface area contributed by atoms with Crippen LogP contribution in [0.2, 0.25) is 0 Å². The highest BCUT2D eigenvalue weighted by Gasteiger charge is 2.18. The van der Waals surface area contributed by atoms with Gasteiger partial charge in [0.15, 0.2) is 15.9 Å². The third kappa shape index (κ3) is 2.94. The van der Waals surface area contributed by atoms with Crippen molar-refractivity contribution in [2.45, 2.75) is 6.54 Å². The Morgan fingerprint density at radius 1 is 1.11 bits per heavy atom. The van der Waals surface area contributed by atoms with Crippen molar-refractivity contribution in [3.63, 3.8) is 0 Å². The van der Waals surface area contributed by atoms with Crippen molar-refractivity contribution in [1.82, 2.24) is 23.7 Å². The van der Waals surface area contributed by atoms with Gasteiger partial charge < -0.3 is 0 Å². The van der Waals surface area contributed by atoms with Crippen LogP contribution in [0.3, 0.4) is 0 Å². The van der Waals surface area contributed by atoms with Crippen LogP contribution in [0.25, 0.3) is 21.7 Å². The Bertz CT molecular complexity index is 1290. The molecule has 0 radical (unpaired) electrons. The molecule has 138 valence electrons. The lowest BCUT2D eigenvalue weighted by Gasteiger charge is -2.08. The maximum atomic E-state index is 13.1. The molecule has 0 saturated heterocycles. The summed E-state index contributed by atoms with van der Waals surface area (Å²) in [5, 5.41) is 2.64. The van der Waals surface area contributed by atoms with Crippen LogP contribution in [-0.4, -0.2) is 23.7 Å². The molecular formula is C17H13BrFN5O2S. The van der Waals surface area contributed by atoms with Crippen molar-refractivity contribution in [2.75, 3.05) is 0 Å². The number of aryl methyl sites for hydroxylation is 1. The Balaban J connectivity index is 1.79. The van der Waals surface area contributed by atoms with Crippen molar-refractivity contribution in [2.24, 2.45) is 14.1 Å². The predicted octanol–water partition coefficient (Wildman–Crippen LogP) is 2.51. The monoisotopic (exact) mass is 449 g/mol. The van der Waals surface area contributed by atoms with E-state index in [-0.39, 0.29) is 11.3 Å². The first-order valence-corrected chi connectivity index (χ1v) is 9.56. The number of halogens is 2. The Labute approximate surface area is 164 Å². The minimum atomic E-state index is -0.446. The van der Waals surface area contributed by atoms with Crippen molar-refractivity contribution in [1.29, 1.82) is 0 Å². The topological polar surface area (TPSA) is 74.7 Å². The normalized spacial score (nSPS) is 11.4. The summed E-state index contributed by atoms with van der Waals surface area (Å²) in [5.41, 5.74) is 1.33. The van der Waals surface area contributed by atoms with E-state index in [2.05, 4.69) is 25.9 Å². The highest BCUT2D eigenvalue weighted by Crippen LogP contribution is 2.25. The zero-order valence-electron chi connectivity index (χ0n) is 14.3. The smallest absolute Gasteiger partial charge is 0.298 e. The minimum Gasteiger partial charge on any atom is -0.298 e. The Morgan fingerprint density at radius 3 is 2.52 bits per heavy atom. The molecule has 0 saturated carbocycles. The molecule has 0 N–H and O–H groups in total. The summed E-state index contributed by atoms with van der Waals surface area (Å²) in [6.45, 7) is 0.329. The standard InChI is InChI=1S/C17H13BrFN5O2S/c1-22-14-12(15(25)23(2)17(22)26)21-16(18)24(14)7-11-8-27-13(20-11)9-3-5-10(19)6-4-9/h3-6,8H,7H2,1-2H3. The first-order valence-electron chi connectivity index (χ1n) is 7.89. The van der Waals surface area contributed by atoms with Gasteiger partial charge in [0.25, 0.3) is 5.56 Å². The van der Waals surface area contributed by atoms with Gasteiger partial charge in [-0.25, -0.2) is 19.2 Å². The van der Waals surface area contributed by atoms with Gasteiger partial charge in [0.1, 0.15) is 10.8 Å². The quantitative estimate of drug-likeness (QED) is 0.450. The van der Waals surface area contributed by atoms with E-state index in [1.807, 2.05) is 5.38 Å². The largest absolute Gasteiger partial charge is 0.332 e. The maximum absolute atomic E-state index is 13.1. The van der Waals surface area contributed by atoms with Crippen molar-refractivity contribution in [3.05, 3.63) is 66.7 Å². The van der Waals surface area contributed by atoms with Gasteiger partial charge in [-0.3, -0.25) is 18.5 Å². The zero-order chi connectivity index (χ0) is 19.3. The number of aromatic nitrogens is 5. The molecule has 0 unspecified atom stereocenters. The van der Waals surface area contributed by atoms with Crippen LogP contribution in [0.4, 0.5) is 4.39 Å². The molecule has 0 bridgehead atoms. The summed E-state index contributed by atoms with van der Waals surface area (Å²) in [7, 11) is 3.02. The molecule has 0 fully saturated rings. The van der Waals surface area contributed by atoms with Crippen LogP contribution in [0.1, 0.15) is 5.69 Å². The van der Waals surface area contributed by atoms with E-state index in [0.29, 0.717) is 16.9 Å². The van der Waals surface area contributed by atoms with Crippen LogP contribution in [0.15, 0.2) is 44.0 Å². The average Bonchev–Trinajstić information content (AvgIpc) is 3.24. The van der Waals surface area contributed by atoms with Gasteiger partial charge in [0.2, 0.25) is 0 Å². The van der Waals surface area contributed by atoms with E-state index in [1.165, 1.54) is 35.1 Å². The molecule has 3 aromatic heterocycles. The van der Waals surface area contributed by atoms with Gasteiger partial charge in [-0.2, -0.15) is 0 Å². The molecule has 0 amide bonds. The van der Waals surface area contributed by atoms with Gasteiger partial charge >= 0.3 is 5.69 Å². The van der Waals surface area contributed by atoms with Crippen LogP contribution < -0.4 is 11.2 Å². The second-order valence-corrected chi connectivity index (χ2v) is 7.56. The summed E-state index contributed by atoms with van der Waals surface area (Å²) in [5.74, 6) is -0.299. The number of nitrogens with zero attached hydrogens (tertiary/aromatic N) is 5. The van der Waals surface area contributed by atoms with E-state index >= 15 is 0 Å². The molecule has 10 heteroatoms. The van der Waals surface area contributed by atoms with E-state index in [9.17, 15) is 14.0 Å². The highest BCUT2D eigenvalue weighted by molar-refractivity contribution is 9.10. The molecule has 0 spiro atoms. The molecule has 1 aromatic carbocycles. The number of hydrogen-bond donors (Lipinski definition) is 0. The van der Waals surface area contributed by atoms with E-state index < -0.39 is 11.2 Å². The lowest BCUT2D eigenvalue weighted by molar-refractivity contribution is 0.628. The predicted molar refractivity (Wildman–Crippen MR) is 105 cm³/mol. The van der Waals surface area contributed by atoms with Crippen LogP contribution in [0, 0.1) is 5.82 Å². The Kier molecular flexibility index (Phi) is 4.31. The van der Waals surface area contributed by atoms with Gasteiger partial charge in [-0.05, 0) is 40.2 Å². The first kappa shape index (κ1) is 17.8. The van der Waals surface area contributed by atoms with Crippen LogP contribution >= 0.6 is 27.3 Å². The van der Waals surface area contributed by atoms with Gasteiger partial charge in [0, 0.05) is 25.0 Å². The fourth-order valence-corrected chi connectivity index (χ4v) is 4.16. The van der Waals surface area contributed by atoms with E-state index in [0.717, 1.165) is 20.8 Å². The second kappa shape index (κ2) is 6.54. The van der Waals surface area contributed by atoms with Gasteiger partial charge in [-0.1, -0.05) is 0 Å². The third-order valence-electron chi connectivity index (χ3n) is 4.26. The molecule has 0 atom stereocenters. The van der Waals surface area contributed by atoms with Gasteiger partial charge in [-0.15, -0.1) is 11.3 Å². The fourth-order valence-electron chi connectivity index (χ4n) is 2.87. The molecule has 4 aromatic rings. The Hall–Kier alpha value is -2.59. The first-order chi connectivity index (χ1) is 12.9. The number of benzene rings is 1. The maximum Gasteiger partial charge on any atom is 0.332 e. The summed E-state index contributed by atoms with van der Waals surface area (Å²) in [4.78, 5) is 33.5. The molecule has 0 aliphatic heterocycles. The molecule has 0 aliphatic rings. The Morgan fingerprint density at radius 2 is 1.81 bits per heavy atom. The summed E-state index contributed by atoms with van der Waals surface area (Å²) >= 11 is 4.80. The van der Waals surface area contributed by atoms with E-state index in [1.54, 1.807) is 23.7 Å². The van der Waals surface area contributed by atoms with Crippen molar-refractivity contribution < 1.29 is 4.39 Å². The van der Waals surface area contributed by atoms with Crippen LogP contribution in [0.5, 0.6) is 0 Å². The number of hydrogen-bond acceptors (Lipinski definition) is 5. The van der Waals surface area contributed by atoms with E-state index in [4.69, 9.17) is 0 Å². The minimum absolute atomic E-state index is 0.209. The molecular weight excluding hydrogens is 437 g/mol. The SMILES string of the molecule is Cn1c(=O)c2nc(Br)n(Cc3csc(-c4ccc(F)cc4)n3)c2n(C)c1=O. The van der Waals surface area contributed by atoms with Gasteiger partial charge in [0.05, 0.1) is 12.2 Å². The van der Waals surface area contributed by atoms with Crippen LogP contribution in [-0.2, 0) is 20.6 Å². The summed E-state index contributed by atoms with van der Waals surface area (Å²) in [6, 6.07) is 6.13. The lowest BCUT2D eigenvalue weighted by atomic mass is 10.2. The number of imidazole rings is 1.